The van der Waals surface area contributed by atoms with E-state index in [1.54, 1.807) is 4.90 Å². The fourth-order valence-corrected chi connectivity index (χ4v) is 4.35. The van der Waals surface area contributed by atoms with Crippen molar-refractivity contribution >= 4 is 11.8 Å². The van der Waals surface area contributed by atoms with Crippen LogP contribution in [-0.2, 0) is 22.6 Å². The van der Waals surface area contributed by atoms with Crippen LogP contribution < -0.4 is 0 Å². The van der Waals surface area contributed by atoms with Crippen LogP contribution in [0.2, 0.25) is 0 Å². The number of likely N-dealkylation sites (tertiary alicyclic amines) is 1. The lowest BCUT2D eigenvalue weighted by Gasteiger charge is -2.30. The van der Waals surface area contributed by atoms with Gasteiger partial charge < -0.3 is 19.1 Å². The summed E-state index contributed by atoms with van der Waals surface area (Å²) in [5, 5.41) is 0. The summed E-state index contributed by atoms with van der Waals surface area (Å²) in [6, 6.07) is 14.0. The second-order valence-electron chi connectivity index (χ2n) is 10.7. The molecule has 1 aliphatic rings. The lowest BCUT2D eigenvalue weighted by molar-refractivity contribution is -0.142. The number of carbonyl (C=O) groups excluding carboxylic acids is 2. The van der Waals surface area contributed by atoms with Crippen molar-refractivity contribution in [3.8, 4) is 0 Å². The van der Waals surface area contributed by atoms with Gasteiger partial charge in [0.15, 0.2) is 0 Å². The van der Waals surface area contributed by atoms with Crippen LogP contribution in [0.1, 0.15) is 57.1 Å². The number of hydrogen-bond acceptors (Lipinski definition) is 4. The van der Waals surface area contributed by atoms with E-state index >= 15 is 0 Å². The molecule has 1 fully saturated rings. The Hall–Kier alpha value is -2.60. The Balaban J connectivity index is 1.70. The Kier molecular flexibility index (Phi) is 9.34. The molecular formula is C28H41N3O3. The van der Waals surface area contributed by atoms with E-state index in [2.05, 4.69) is 37.8 Å². The number of hydrogen-bond donors (Lipinski definition) is 0. The Morgan fingerprint density at radius 1 is 0.941 bits per heavy atom. The third-order valence-electron chi connectivity index (χ3n) is 6.25. The van der Waals surface area contributed by atoms with Gasteiger partial charge in [-0.1, -0.05) is 51.1 Å². The van der Waals surface area contributed by atoms with E-state index in [9.17, 15) is 9.59 Å². The Bertz CT molecular complexity index is 910. The molecule has 0 atom stereocenters. The first-order valence-electron chi connectivity index (χ1n) is 12.6. The van der Waals surface area contributed by atoms with Gasteiger partial charge in [-0.15, -0.1) is 0 Å². The largest absolute Gasteiger partial charge is 0.464 e. The van der Waals surface area contributed by atoms with Crippen LogP contribution in [0.15, 0.2) is 46.9 Å². The predicted molar refractivity (Wildman–Crippen MR) is 135 cm³/mol. The zero-order valence-electron chi connectivity index (χ0n) is 21.4. The van der Waals surface area contributed by atoms with E-state index < -0.39 is 0 Å². The molecule has 1 aliphatic heterocycles. The van der Waals surface area contributed by atoms with Crippen molar-refractivity contribution in [2.45, 2.75) is 59.9 Å². The molecule has 0 N–H and O–H groups in total. The molecule has 1 aromatic heterocycles. The zero-order valence-corrected chi connectivity index (χ0v) is 21.4. The number of aryl methyl sites for hydroxylation is 1. The first-order valence-corrected chi connectivity index (χ1v) is 12.6. The maximum atomic E-state index is 13.5. The fourth-order valence-electron chi connectivity index (χ4n) is 4.35. The van der Waals surface area contributed by atoms with Crippen LogP contribution in [0.5, 0.6) is 0 Å². The maximum absolute atomic E-state index is 13.5. The molecule has 2 amide bonds. The Morgan fingerprint density at radius 3 is 2.26 bits per heavy atom. The first-order chi connectivity index (χ1) is 16.2. The van der Waals surface area contributed by atoms with E-state index in [1.165, 1.54) is 18.4 Å². The number of carbonyl (C=O) groups is 2. The summed E-state index contributed by atoms with van der Waals surface area (Å²) in [4.78, 5) is 32.7. The molecule has 6 nitrogen and oxygen atoms in total. The average Bonchev–Trinajstić information content (AvgIpc) is 3.45. The summed E-state index contributed by atoms with van der Waals surface area (Å²) in [6.07, 6.45) is 3.62. The molecule has 186 valence electrons. The fraction of sp³-hybridized carbons (Fsp3) is 0.571. The summed E-state index contributed by atoms with van der Waals surface area (Å²) in [6.45, 7) is 12.8. The zero-order chi connectivity index (χ0) is 24.6. The van der Waals surface area contributed by atoms with Gasteiger partial charge in [-0.2, -0.15) is 0 Å². The van der Waals surface area contributed by atoms with Crippen LogP contribution in [0.3, 0.4) is 0 Å². The van der Waals surface area contributed by atoms with Crippen molar-refractivity contribution in [1.82, 2.24) is 14.7 Å². The van der Waals surface area contributed by atoms with Crippen molar-refractivity contribution < 1.29 is 14.0 Å². The van der Waals surface area contributed by atoms with Crippen molar-refractivity contribution in [2.75, 3.05) is 39.3 Å². The van der Waals surface area contributed by atoms with Gasteiger partial charge >= 0.3 is 0 Å². The molecule has 6 heteroatoms. The number of nitrogens with zero attached hydrogens (tertiary/aromatic N) is 3. The molecular weight excluding hydrogens is 426 g/mol. The summed E-state index contributed by atoms with van der Waals surface area (Å²) in [5.74, 6) is 1.62. The highest BCUT2D eigenvalue weighted by Gasteiger charge is 2.26. The molecule has 2 heterocycles. The predicted octanol–water partition coefficient (Wildman–Crippen LogP) is 4.52. The topological polar surface area (TPSA) is 57.0 Å². The smallest absolute Gasteiger partial charge is 0.242 e. The van der Waals surface area contributed by atoms with Crippen LogP contribution in [-0.4, -0.2) is 65.8 Å². The normalized spacial score (nSPS) is 14.4. The summed E-state index contributed by atoms with van der Waals surface area (Å²) >= 11 is 0. The van der Waals surface area contributed by atoms with Gasteiger partial charge in [-0.05, 0) is 62.4 Å². The van der Waals surface area contributed by atoms with Gasteiger partial charge in [0.1, 0.15) is 11.5 Å². The van der Waals surface area contributed by atoms with Crippen molar-refractivity contribution in [3.63, 3.8) is 0 Å². The van der Waals surface area contributed by atoms with Gasteiger partial charge in [0.25, 0.3) is 0 Å². The summed E-state index contributed by atoms with van der Waals surface area (Å²) in [7, 11) is 0. The molecule has 2 aromatic rings. The molecule has 0 unspecified atom stereocenters. The third kappa shape index (κ3) is 8.64. The number of furan rings is 1. The molecule has 0 aliphatic carbocycles. The SMILES string of the molecule is Cc1ccc(CN(CCc2ccccc2)C(=O)CN(CCN2CCCC2)C(=O)CC(C)(C)C)o1. The van der Waals surface area contributed by atoms with E-state index in [-0.39, 0.29) is 23.8 Å². The highest BCUT2D eigenvalue weighted by molar-refractivity contribution is 5.85. The van der Waals surface area contributed by atoms with Gasteiger partial charge in [0.2, 0.25) is 11.8 Å². The number of amides is 2. The van der Waals surface area contributed by atoms with Gasteiger partial charge in [-0.25, -0.2) is 0 Å². The molecule has 1 aromatic carbocycles. The minimum atomic E-state index is -0.120. The van der Waals surface area contributed by atoms with Crippen molar-refractivity contribution in [2.24, 2.45) is 5.41 Å². The summed E-state index contributed by atoms with van der Waals surface area (Å²) < 4.78 is 5.77. The lowest BCUT2D eigenvalue weighted by Crippen LogP contribution is -2.46. The van der Waals surface area contributed by atoms with Crippen LogP contribution in [0, 0.1) is 12.3 Å². The molecule has 3 rings (SSSR count). The van der Waals surface area contributed by atoms with Crippen molar-refractivity contribution in [3.05, 3.63) is 59.5 Å². The van der Waals surface area contributed by atoms with Crippen LogP contribution in [0.25, 0.3) is 0 Å². The average molecular weight is 468 g/mol. The second-order valence-corrected chi connectivity index (χ2v) is 10.7. The number of benzene rings is 1. The molecule has 34 heavy (non-hydrogen) atoms. The quantitative estimate of drug-likeness (QED) is 0.488. The van der Waals surface area contributed by atoms with E-state index in [0.717, 1.165) is 37.6 Å². The molecule has 0 saturated carbocycles. The first kappa shape index (κ1) is 26.0. The molecule has 1 saturated heterocycles. The Labute approximate surface area is 204 Å². The van der Waals surface area contributed by atoms with Crippen molar-refractivity contribution in [1.29, 1.82) is 0 Å². The molecule has 0 bridgehead atoms. The second kappa shape index (κ2) is 12.2. The van der Waals surface area contributed by atoms with Gasteiger partial charge in [0.05, 0.1) is 13.1 Å². The van der Waals surface area contributed by atoms with E-state index in [1.807, 2.05) is 42.2 Å². The highest BCUT2D eigenvalue weighted by atomic mass is 16.3. The maximum Gasteiger partial charge on any atom is 0.242 e. The lowest BCUT2D eigenvalue weighted by atomic mass is 9.91. The van der Waals surface area contributed by atoms with E-state index in [4.69, 9.17) is 4.42 Å². The monoisotopic (exact) mass is 467 g/mol. The Morgan fingerprint density at radius 2 is 1.65 bits per heavy atom. The minimum absolute atomic E-state index is 0.0336. The molecule has 0 radical (unpaired) electrons. The standard InChI is InChI=1S/C28H41N3O3/c1-23-12-13-25(34-23)21-30(17-14-24-10-6-5-7-11-24)27(33)22-31(26(32)20-28(2,3)4)19-18-29-15-8-9-16-29/h5-7,10-13H,8-9,14-22H2,1-4H3. The molecule has 0 spiro atoms. The van der Waals surface area contributed by atoms with Gasteiger partial charge in [0, 0.05) is 26.1 Å². The highest BCUT2D eigenvalue weighted by Crippen LogP contribution is 2.20. The van der Waals surface area contributed by atoms with Gasteiger partial charge in [-0.3, -0.25) is 9.59 Å². The van der Waals surface area contributed by atoms with Crippen LogP contribution >= 0.6 is 0 Å². The minimum Gasteiger partial charge on any atom is -0.464 e. The third-order valence-corrected chi connectivity index (χ3v) is 6.25. The van der Waals surface area contributed by atoms with Crippen LogP contribution in [0.4, 0.5) is 0 Å². The van der Waals surface area contributed by atoms with E-state index in [0.29, 0.717) is 26.1 Å². The number of rotatable bonds is 11. The summed E-state index contributed by atoms with van der Waals surface area (Å²) in [5.41, 5.74) is 1.07.